The van der Waals surface area contributed by atoms with E-state index in [2.05, 4.69) is 40.3 Å². The van der Waals surface area contributed by atoms with E-state index < -0.39 is 5.82 Å². The van der Waals surface area contributed by atoms with Crippen LogP contribution in [0.3, 0.4) is 0 Å². The number of hydrogen-bond donors (Lipinski definition) is 1. The van der Waals surface area contributed by atoms with Gasteiger partial charge in [0.05, 0.1) is 18.0 Å². The van der Waals surface area contributed by atoms with Crippen molar-refractivity contribution >= 4 is 17.5 Å². The first-order valence-corrected chi connectivity index (χ1v) is 17.2. The van der Waals surface area contributed by atoms with Gasteiger partial charge >= 0.3 is 0 Å². The number of benzene rings is 1. The fraction of sp³-hybridized carbons (Fsp3) is 0.600. The van der Waals surface area contributed by atoms with Crippen LogP contribution in [0.15, 0.2) is 43.2 Å². The number of nitrogens with zero attached hydrogens (tertiary/aromatic N) is 8. The number of piperidine rings is 1. The van der Waals surface area contributed by atoms with Crippen molar-refractivity contribution in [3.8, 4) is 11.5 Å². The maximum Gasteiger partial charge on any atom is 0.258 e. The summed E-state index contributed by atoms with van der Waals surface area (Å²) in [6, 6.07) is 4.46. The summed E-state index contributed by atoms with van der Waals surface area (Å²) < 4.78 is 20.7. The number of amides is 1. The summed E-state index contributed by atoms with van der Waals surface area (Å²) in [6.07, 6.45) is 14.8. The van der Waals surface area contributed by atoms with Crippen LogP contribution in [-0.2, 0) is 0 Å². The van der Waals surface area contributed by atoms with E-state index in [0.29, 0.717) is 34.7 Å². The zero-order chi connectivity index (χ0) is 33.0. The Balaban J connectivity index is 1.04. The van der Waals surface area contributed by atoms with Gasteiger partial charge in [0, 0.05) is 37.8 Å². The molecular weight excluding hydrogens is 597 g/mol. The summed E-state index contributed by atoms with van der Waals surface area (Å²) in [7, 11) is 0. The molecule has 6 rings (SSSR count). The Bertz CT molecular complexity index is 1480. The minimum atomic E-state index is -0.482. The first-order chi connectivity index (χ1) is 22.7. The number of anilines is 2. The maximum atomic E-state index is 14.4. The molecule has 12 heteroatoms. The molecule has 1 saturated carbocycles. The number of likely N-dealkylation sites (tertiary alicyclic amines) is 1. The van der Waals surface area contributed by atoms with Crippen molar-refractivity contribution in [1.82, 2.24) is 34.9 Å². The zero-order valence-electron chi connectivity index (χ0n) is 28.1. The number of carbonyl (C=O) groups excluding carboxylic acids is 1. The molecule has 3 aromatic rings. The van der Waals surface area contributed by atoms with Crippen molar-refractivity contribution in [2.24, 2.45) is 11.3 Å². The number of hydrogen-bond acceptors (Lipinski definition) is 10. The van der Waals surface area contributed by atoms with Crippen LogP contribution in [0.1, 0.15) is 83.0 Å². The van der Waals surface area contributed by atoms with Gasteiger partial charge in [0.2, 0.25) is 0 Å². The van der Waals surface area contributed by atoms with Crippen molar-refractivity contribution in [2.45, 2.75) is 90.8 Å². The summed E-state index contributed by atoms with van der Waals surface area (Å²) in [5, 5.41) is 11.2. The van der Waals surface area contributed by atoms with Crippen LogP contribution in [0.2, 0.25) is 0 Å². The molecule has 2 aliphatic heterocycles. The Morgan fingerprint density at radius 3 is 2.45 bits per heavy atom. The Morgan fingerprint density at radius 2 is 1.74 bits per heavy atom. The lowest BCUT2D eigenvalue weighted by molar-refractivity contribution is 0.0584. The molecule has 1 spiro atoms. The third-order valence-electron chi connectivity index (χ3n) is 10.3. The van der Waals surface area contributed by atoms with Gasteiger partial charge in [0.1, 0.15) is 30.0 Å². The lowest BCUT2D eigenvalue weighted by atomic mass is 9.67. The monoisotopic (exact) mass is 645 g/mol. The molecule has 2 saturated heterocycles. The molecule has 11 nitrogen and oxygen atoms in total. The van der Waals surface area contributed by atoms with Gasteiger partial charge in [-0.05, 0) is 115 Å². The second-order valence-corrected chi connectivity index (χ2v) is 14.2. The molecule has 0 bridgehead atoms. The third kappa shape index (κ3) is 7.80. The standard InChI is InChI=1S/C35H48FN9O2/c1-24(2)45(25(3)4)34(46)29-17-27(36)5-6-30(29)47-31-18-37-22-39-33(31)44-14-9-26(21-44)20-43-15-12-35(13-16-43)10-7-28(8-11-35)42-32-19-40-41-23-38-32/h5-6,17-19,22-26,28H,7-16,20-21H2,1-4H3,(H,38,41,42)/t26-/m0/s1. The number of carbonyl (C=O) groups is 1. The van der Waals surface area contributed by atoms with E-state index in [1.54, 1.807) is 17.3 Å². The topological polar surface area (TPSA) is 113 Å². The van der Waals surface area contributed by atoms with E-state index in [1.807, 2.05) is 27.7 Å². The zero-order valence-corrected chi connectivity index (χ0v) is 28.1. The molecule has 1 aromatic carbocycles. The molecule has 0 radical (unpaired) electrons. The highest BCUT2D eigenvalue weighted by Gasteiger charge is 2.39. The summed E-state index contributed by atoms with van der Waals surface area (Å²) >= 11 is 0. The van der Waals surface area contributed by atoms with E-state index in [1.165, 1.54) is 69.4 Å². The average molecular weight is 646 g/mol. The van der Waals surface area contributed by atoms with Gasteiger partial charge in [-0.3, -0.25) is 4.79 Å². The molecule has 252 valence electrons. The first-order valence-electron chi connectivity index (χ1n) is 17.2. The highest BCUT2D eigenvalue weighted by Crippen LogP contribution is 2.45. The predicted molar refractivity (Wildman–Crippen MR) is 179 cm³/mol. The second-order valence-electron chi connectivity index (χ2n) is 14.2. The van der Waals surface area contributed by atoms with Crippen LogP contribution in [0, 0.1) is 17.2 Å². The van der Waals surface area contributed by atoms with Gasteiger partial charge in [-0.15, -0.1) is 5.10 Å². The van der Waals surface area contributed by atoms with Crippen LogP contribution in [0.25, 0.3) is 0 Å². The van der Waals surface area contributed by atoms with Crippen molar-refractivity contribution in [2.75, 3.05) is 42.9 Å². The number of ether oxygens (including phenoxy) is 1. The maximum absolute atomic E-state index is 14.4. The fourth-order valence-corrected chi connectivity index (χ4v) is 7.85. The van der Waals surface area contributed by atoms with Gasteiger partial charge in [-0.1, -0.05) is 0 Å². The minimum absolute atomic E-state index is 0.0488. The molecule has 47 heavy (non-hydrogen) atoms. The summed E-state index contributed by atoms with van der Waals surface area (Å²) in [5.74, 6) is 2.07. The smallest absolute Gasteiger partial charge is 0.258 e. The summed E-state index contributed by atoms with van der Waals surface area (Å²) in [5.41, 5.74) is 0.660. The minimum Gasteiger partial charge on any atom is -0.451 e. The van der Waals surface area contributed by atoms with Crippen molar-refractivity contribution < 1.29 is 13.9 Å². The summed E-state index contributed by atoms with van der Waals surface area (Å²) in [4.78, 5) is 33.3. The van der Waals surface area contributed by atoms with E-state index in [9.17, 15) is 9.18 Å². The largest absolute Gasteiger partial charge is 0.451 e. The summed E-state index contributed by atoms with van der Waals surface area (Å²) in [6.45, 7) is 13.0. The van der Waals surface area contributed by atoms with E-state index >= 15 is 0 Å². The van der Waals surface area contributed by atoms with E-state index in [4.69, 9.17) is 4.74 Å². The Labute approximate surface area is 277 Å². The molecule has 2 aromatic heterocycles. The van der Waals surface area contributed by atoms with Crippen molar-refractivity contribution in [3.05, 3.63) is 54.6 Å². The van der Waals surface area contributed by atoms with Crippen LogP contribution in [-0.4, -0.2) is 91.7 Å². The van der Waals surface area contributed by atoms with Gasteiger partial charge in [-0.25, -0.2) is 19.3 Å². The van der Waals surface area contributed by atoms with E-state index in [-0.39, 0.29) is 23.6 Å². The lowest BCUT2D eigenvalue weighted by Gasteiger charge is -2.46. The van der Waals surface area contributed by atoms with Crippen LogP contribution in [0.5, 0.6) is 11.5 Å². The number of rotatable bonds is 10. The molecule has 1 amide bonds. The number of halogens is 1. The van der Waals surface area contributed by atoms with Gasteiger partial charge in [0.25, 0.3) is 5.91 Å². The highest BCUT2D eigenvalue weighted by molar-refractivity contribution is 5.97. The number of nitrogens with one attached hydrogen (secondary N) is 1. The Hall–Kier alpha value is -3.93. The molecule has 1 aliphatic carbocycles. The molecule has 1 N–H and O–H groups in total. The SMILES string of the molecule is CC(C)N(C(=O)c1cc(F)ccc1Oc1cncnc1N1CC[C@@H](CN2CCC3(CCC(Nc4cnncn4)CC3)CC2)C1)C(C)C. The fourth-order valence-electron chi connectivity index (χ4n) is 7.85. The van der Waals surface area contributed by atoms with Gasteiger partial charge in [0.15, 0.2) is 11.6 Å². The molecule has 3 aliphatic rings. The molecule has 0 unspecified atom stereocenters. The Kier molecular flexibility index (Phi) is 10.1. The molecular formula is C35H48FN9O2. The lowest BCUT2D eigenvalue weighted by Crippen LogP contribution is -2.45. The quantitative estimate of drug-likeness (QED) is 0.290. The van der Waals surface area contributed by atoms with Crippen molar-refractivity contribution in [3.63, 3.8) is 0 Å². The van der Waals surface area contributed by atoms with E-state index in [0.717, 1.165) is 45.0 Å². The third-order valence-corrected chi connectivity index (χ3v) is 10.3. The van der Waals surface area contributed by atoms with Crippen molar-refractivity contribution in [1.29, 1.82) is 0 Å². The average Bonchev–Trinajstić information content (AvgIpc) is 3.53. The molecule has 1 atom stereocenters. The van der Waals surface area contributed by atoms with Crippen LogP contribution >= 0.6 is 0 Å². The van der Waals surface area contributed by atoms with Crippen LogP contribution < -0.4 is 15.0 Å². The number of aromatic nitrogens is 5. The van der Waals surface area contributed by atoms with Gasteiger partial charge in [-0.2, -0.15) is 5.10 Å². The normalized spacial score (nSPS) is 20.2. The van der Waals surface area contributed by atoms with Gasteiger partial charge < -0.3 is 24.8 Å². The second kappa shape index (κ2) is 14.5. The Morgan fingerprint density at radius 1 is 0.979 bits per heavy atom. The predicted octanol–water partition coefficient (Wildman–Crippen LogP) is 5.82. The molecule has 3 fully saturated rings. The molecule has 4 heterocycles. The van der Waals surface area contributed by atoms with Crippen LogP contribution in [0.4, 0.5) is 16.0 Å². The first kappa shape index (κ1) is 33.0. The highest BCUT2D eigenvalue weighted by atomic mass is 19.1.